The van der Waals surface area contributed by atoms with Crippen LogP contribution in [0.2, 0.25) is 0 Å². The number of hydrogen-bond donors (Lipinski definition) is 1. The fourth-order valence-electron chi connectivity index (χ4n) is 2.33. The van der Waals surface area contributed by atoms with Crippen molar-refractivity contribution in [1.29, 1.82) is 0 Å². The Morgan fingerprint density at radius 3 is 2.76 bits per heavy atom. The fraction of sp³-hybridized carbons (Fsp3) is 0.250. The van der Waals surface area contributed by atoms with Crippen molar-refractivity contribution in [3.05, 3.63) is 63.6 Å². The average Bonchev–Trinajstić information content (AvgIpc) is 2.91. The number of fused-ring (bicyclic) bond motifs is 1. The molecule has 2 heterocycles. The molecule has 0 amide bonds. The molecule has 4 nitrogen and oxygen atoms in total. The second-order valence-corrected chi connectivity index (χ2v) is 6.27. The summed E-state index contributed by atoms with van der Waals surface area (Å²) in [4.78, 5) is 0. The minimum absolute atomic E-state index is 0.334. The van der Waals surface area contributed by atoms with Gasteiger partial charge >= 0.3 is 0 Å². The first-order valence-electron chi connectivity index (χ1n) is 7.01. The number of rotatable bonds is 5. The molecule has 5 heteroatoms. The molecule has 1 N–H and O–H groups in total. The molecular weight excluding hydrogens is 375 g/mol. The predicted molar refractivity (Wildman–Crippen MR) is 92.3 cm³/mol. The minimum atomic E-state index is 0.334. The number of benzene rings is 1. The molecule has 0 saturated carbocycles. The van der Waals surface area contributed by atoms with E-state index in [0.29, 0.717) is 6.04 Å². The zero-order valence-electron chi connectivity index (χ0n) is 11.8. The van der Waals surface area contributed by atoms with Crippen LogP contribution in [0.5, 0.6) is 0 Å². The highest BCUT2D eigenvalue weighted by molar-refractivity contribution is 14.1. The molecule has 0 bridgehead atoms. The lowest BCUT2D eigenvalue weighted by molar-refractivity contribution is 0.568. The summed E-state index contributed by atoms with van der Waals surface area (Å²) in [6, 6.07) is 14.9. The van der Waals surface area contributed by atoms with Gasteiger partial charge in [0.1, 0.15) is 5.82 Å². The molecule has 2 aromatic heterocycles. The van der Waals surface area contributed by atoms with E-state index in [2.05, 4.69) is 69.3 Å². The molecule has 1 unspecified atom stereocenters. The molecule has 0 aliphatic rings. The quantitative estimate of drug-likeness (QED) is 0.678. The van der Waals surface area contributed by atoms with Gasteiger partial charge in [0, 0.05) is 28.8 Å². The van der Waals surface area contributed by atoms with Crippen molar-refractivity contribution >= 4 is 28.2 Å². The number of nitrogens with zero attached hydrogens (tertiary/aromatic N) is 3. The van der Waals surface area contributed by atoms with Gasteiger partial charge in [0.15, 0.2) is 5.65 Å². The van der Waals surface area contributed by atoms with E-state index in [-0.39, 0.29) is 0 Å². The highest BCUT2D eigenvalue weighted by Crippen LogP contribution is 2.14. The van der Waals surface area contributed by atoms with Crippen LogP contribution in [0, 0.1) is 3.57 Å². The molecule has 3 rings (SSSR count). The van der Waals surface area contributed by atoms with Crippen LogP contribution < -0.4 is 5.32 Å². The lowest BCUT2D eigenvalue weighted by Gasteiger charge is -2.14. The fourth-order valence-corrected chi connectivity index (χ4v) is 2.69. The molecule has 1 atom stereocenters. The van der Waals surface area contributed by atoms with Gasteiger partial charge in [0.2, 0.25) is 0 Å². The summed E-state index contributed by atoms with van der Waals surface area (Å²) >= 11 is 2.33. The lowest BCUT2D eigenvalue weighted by Crippen LogP contribution is -2.22. The molecule has 1 aromatic carbocycles. The molecule has 21 heavy (non-hydrogen) atoms. The van der Waals surface area contributed by atoms with Gasteiger partial charge in [-0.15, -0.1) is 10.2 Å². The van der Waals surface area contributed by atoms with Gasteiger partial charge in [-0.1, -0.05) is 18.2 Å². The largest absolute Gasteiger partial charge is 0.310 e. The number of nitrogens with one attached hydrogen (secondary N) is 1. The van der Waals surface area contributed by atoms with Gasteiger partial charge in [0.25, 0.3) is 0 Å². The molecule has 0 aliphatic carbocycles. The van der Waals surface area contributed by atoms with E-state index in [0.717, 1.165) is 24.4 Å². The molecule has 0 radical (unpaired) electrons. The maximum absolute atomic E-state index is 4.25. The Labute approximate surface area is 137 Å². The number of hydrogen-bond acceptors (Lipinski definition) is 3. The van der Waals surface area contributed by atoms with E-state index in [9.17, 15) is 0 Å². The average molecular weight is 392 g/mol. The summed E-state index contributed by atoms with van der Waals surface area (Å²) in [6.45, 7) is 3.06. The van der Waals surface area contributed by atoms with Crippen molar-refractivity contribution in [2.45, 2.75) is 19.4 Å². The van der Waals surface area contributed by atoms with Crippen molar-refractivity contribution in [3.8, 4) is 0 Å². The van der Waals surface area contributed by atoms with Crippen LogP contribution in [0.25, 0.3) is 5.65 Å². The van der Waals surface area contributed by atoms with Gasteiger partial charge in [-0.25, -0.2) is 0 Å². The molecule has 0 aliphatic heterocycles. The third kappa shape index (κ3) is 3.41. The Hall–Kier alpha value is -1.47. The molecule has 108 valence electrons. The van der Waals surface area contributed by atoms with Gasteiger partial charge in [-0.3, -0.25) is 4.40 Å². The maximum atomic E-state index is 4.25. The second kappa shape index (κ2) is 6.53. The van der Waals surface area contributed by atoms with Crippen LogP contribution in [0.3, 0.4) is 0 Å². The normalized spacial score (nSPS) is 12.7. The standard InChI is InChI=1S/C16H17IN4/c1-12(13-5-7-14(17)8-6-13)18-10-9-16-20-19-15-4-2-3-11-21(15)16/h2-8,11-12,18H,9-10H2,1H3. The predicted octanol–water partition coefficient (Wildman–Crippen LogP) is 3.23. The van der Waals surface area contributed by atoms with Gasteiger partial charge in [-0.05, 0) is 59.3 Å². The van der Waals surface area contributed by atoms with Crippen molar-refractivity contribution in [3.63, 3.8) is 0 Å². The Bertz CT molecular complexity index is 720. The first kappa shape index (κ1) is 14.5. The SMILES string of the molecule is CC(NCCc1nnc2ccccn12)c1ccc(I)cc1. The number of pyridine rings is 1. The third-order valence-electron chi connectivity index (χ3n) is 3.55. The lowest BCUT2D eigenvalue weighted by atomic mass is 10.1. The van der Waals surface area contributed by atoms with E-state index in [4.69, 9.17) is 0 Å². The zero-order chi connectivity index (χ0) is 14.7. The van der Waals surface area contributed by atoms with Crippen molar-refractivity contribution in [1.82, 2.24) is 19.9 Å². The maximum Gasteiger partial charge on any atom is 0.160 e. The van der Waals surface area contributed by atoms with Crippen LogP contribution >= 0.6 is 22.6 Å². The second-order valence-electron chi connectivity index (χ2n) is 5.02. The highest BCUT2D eigenvalue weighted by atomic mass is 127. The van der Waals surface area contributed by atoms with Crippen LogP contribution in [-0.4, -0.2) is 21.1 Å². The molecule has 0 fully saturated rings. The topological polar surface area (TPSA) is 42.2 Å². The van der Waals surface area contributed by atoms with Crippen molar-refractivity contribution in [2.75, 3.05) is 6.54 Å². The van der Waals surface area contributed by atoms with E-state index in [1.807, 2.05) is 28.8 Å². The van der Waals surface area contributed by atoms with Crippen molar-refractivity contribution < 1.29 is 0 Å². The monoisotopic (exact) mass is 392 g/mol. The van der Waals surface area contributed by atoms with E-state index < -0.39 is 0 Å². The molecule has 0 saturated heterocycles. The smallest absolute Gasteiger partial charge is 0.160 e. The third-order valence-corrected chi connectivity index (χ3v) is 4.27. The van der Waals surface area contributed by atoms with Crippen LogP contribution in [0.15, 0.2) is 48.7 Å². The highest BCUT2D eigenvalue weighted by Gasteiger charge is 2.07. The summed E-state index contributed by atoms with van der Waals surface area (Å²) in [7, 11) is 0. The van der Waals surface area contributed by atoms with Crippen LogP contribution in [0.4, 0.5) is 0 Å². The summed E-state index contributed by atoms with van der Waals surface area (Å²) in [5.74, 6) is 0.993. The van der Waals surface area contributed by atoms with Gasteiger partial charge in [0.05, 0.1) is 0 Å². The summed E-state index contributed by atoms with van der Waals surface area (Å²) in [6.07, 6.45) is 2.87. The Morgan fingerprint density at radius 2 is 1.95 bits per heavy atom. The molecule has 0 spiro atoms. The Balaban J connectivity index is 1.59. The van der Waals surface area contributed by atoms with Crippen LogP contribution in [-0.2, 0) is 6.42 Å². The summed E-state index contributed by atoms with van der Waals surface area (Å²) < 4.78 is 3.30. The Morgan fingerprint density at radius 1 is 1.14 bits per heavy atom. The van der Waals surface area contributed by atoms with Crippen LogP contribution in [0.1, 0.15) is 24.4 Å². The molecular formula is C16H17IN4. The Kier molecular flexibility index (Phi) is 4.50. The summed E-state index contributed by atoms with van der Waals surface area (Å²) in [5.41, 5.74) is 2.21. The van der Waals surface area contributed by atoms with E-state index in [1.165, 1.54) is 9.13 Å². The minimum Gasteiger partial charge on any atom is -0.310 e. The number of halogens is 1. The van der Waals surface area contributed by atoms with Gasteiger partial charge in [-0.2, -0.15) is 0 Å². The zero-order valence-corrected chi connectivity index (χ0v) is 14.0. The first-order chi connectivity index (χ1) is 10.2. The molecule has 3 aromatic rings. The first-order valence-corrected chi connectivity index (χ1v) is 8.09. The van der Waals surface area contributed by atoms with Crippen molar-refractivity contribution in [2.24, 2.45) is 0 Å². The van der Waals surface area contributed by atoms with E-state index >= 15 is 0 Å². The van der Waals surface area contributed by atoms with Gasteiger partial charge < -0.3 is 5.32 Å². The summed E-state index contributed by atoms with van der Waals surface area (Å²) in [5, 5.41) is 12.0. The van der Waals surface area contributed by atoms with E-state index in [1.54, 1.807) is 0 Å². The number of aromatic nitrogens is 3.